The van der Waals surface area contributed by atoms with Crippen molar-refractivity contribution in [3.8, 4) is 0 Å². The monoisotopic (exact) mass is 340 g/mol. The molecule has 1 aliphatic rings. The molecule has 3 heteroatoms. The van der Waals surface area contributed by atoms with E-state index in [2.05, 4.69) is 60.5 Å². The van der Waals surface area contributed by atoms with Crippen molar-refractivity contribution in [2.75, 3.05) is 5.75 Å². The minimum atomic E-state index is 0.965. The number of nitrogens with zero attached hydrogens (tertiary/aromatic N) is 2. The molecule has 0 radical (unpaired) electrons. The van der Waals surface area contributed by atoms with Crippen LogP contribution in [0.2, 0.25) is 0 Å². The molecular formula is C21H28N2S. The summed E-state index contributed by atoms with van der Waals surface area (Å²) in [6.45, 7) is 6.31. The summed E-state index contributed by atoms with van der Waals surface area (Å²) in [5, 5.41) is 9.82. The molecule has 128 valence electrons. The van der Waals surface area contributed by atoms with Crippen LogP contribution in [0.25, 0.3) is 0 Å². The molecule has 0 heterocycles. The van der Waals surface area contributed by atoms with Gasteiger partial charge in [-0.2, -0.15) is 0 Å². The number of thioether (sulfide) groups is 1. The van der Waals surface area contributed by atoms with Gasteiger partial charge in [0.25, 0.3) is 0 Å². The molecule has 1 aliphatic carbocycles. The lowest BCUT2D eigenvalue weighted by Gasteiger charge is -2.08. The number of allylic oxidation sites excluding steroid dienone is 5. The van der Waals surface area contributed by atoms with Crippen molar-refractivity contribution >= 4 is 17.4 Å². The van der Waals surface area contributed by atoms with Gasteiger partial charge in [0.2, 0.25) is 0 Å². The summed E-state index contributed by atoms with van der Waals surface area (Å²) in [4.78, 5) is 0. The summed E-state index contributed by atoms with van der Waals surface area (Å²) in [7, 11) is 0. The van der Waals surface area contributed by atoms with Gasteiger partial charge in [0.15, 0.2) is 0 Å². The van der Waals surface area contributed by atoms with Crippen molar-refractivity contribution in [2.45, 2.75) is 52.9 Å². The second kappa shape index (κ2) is 10.3. The van der Waals surface area contributed by atoms with E-state index in [9.17, 15) is 0 Å². The zero-order valence-electron chi connectivity index (χ0n) is 15.1. The number of hydrogen-bond acceptors (Lipinski definition) is 3. The van der Waals surface area contributed by atoms with Gasteiger partial charge in [0.05, 0.1) is 5.69 Å². The lowest BCUT2D eigenvalue weighted by Crippen LogP contribution is -1.91. The molecule has 0 amide bonds. The van der Waals surface area contributed by atoms with Crippen molar-refractivity contribution < 1.29 is 0 Å². The number of aryl methyl sites for hydroxylation is 2. The van der Waals surface area contributed by atoms with Crippen LogP contribution >= 0.6 is 11.8 Å². The van der Waals surface area contributed by atoms with Crippen molar-refractivity contribution in [3.05, 3.63) is 64.2 Å². The lowest BCUT2D eigenvalue weighted by molar-refractivity contribution is 0.919. The first-order chi connectivity index (χ1) is 11.7. The SMILES string of the molecule is C/C=C(/N=Nc1ccc(CCC2=CCCC=C2)cc1C)SCCC. The van der Waals surface area contributed by atoms with Crippen LogP contribution in [0.1, 0.15) is 50.7 Å². The molecule has 0 saturated carbocycles. The summed E-state index contributed by atoms with van der Waals surface area (Å²) >= 11 is 1.76. The number of hydrogen-bond donors (Lipinski definition) is 0. The quantitative estimate of drug-likeness (QED) is 0.456. The Morgan fingerprint density at radius 3 is 2.79 bits per heavy atom. The van der Waals surface area contributed by atoms with Gasteiger partial charge in [-0.1, -0.05) is 48.9 Å². The van der Waals surface area contributed by atoms with E-state index in [4.69, 9.17) is 0 Å². The van der Waals surface area contributed by atoms with Gasteiger partial charge in [-0.05, 0) is 68.9 Å². The Hall–Kier alpha value is -1.61. The van der Waals surface area contributed by atoms with Gasteiger partial charge in [-0.25, -0.2) is 0 Å². The highest BCUT2D eigenvalue weighted by Gasteiger charge is 2.03. The van der Waals surface area contributed by atoms with Crippen molar-refractivity contribution in [2.24, 2.45) is 10.2 Å². The van der Waals surface area contributed by atoms with E-state index in [1.54, 1.807) is 11.8 Å². The fraction of sp³-hybridized carbons (Fsp3) is 0.429. The molecule has 1 aromatic rings. The largest absolute Gasteiger partial charge is 0.150 e. The maximum absolute atomic E-state index is 4.43. The van der Waals surface area contributed by atoms with Crippen LogP contribution < -0.4 is 0 Å². The molecule has 0 fully saturated rings. The van der Waals surface area contributed by atoms with Crippen molar-refractivity contribution in [1.82, 2.24) is 0 Å². The van der Waals surface area contributed by atoms with Crippen LogP contribution in [-0.4, -0.2) is 5.75 Å². The molecule has 24 heavy (non-hydrogen) atoms. The maximum Gasteiger partial charge on any atom is 0.114 e. The average Bonchev–Trinajstić information content (AvgIpc) is 2.62. The fourth-order valence-corrected chi connectivity index (χ4v) is 3.29. The normalized spacial score (nSPS) is 15.1. The molecule has 0 aromatic heterocycles. The van der Waals surface area contributed by atoms with Gasteiger partial charge in [-0.3, -0.25) is 0 Å². The molecule has 0 bridgehead atoms. The van der Waals surface area contributed by atoms with Gasteiger partial charge < -0.3 is 0 Å². The highest BCUT2D eigenvalue weighted by molar-refractivity contribution is 8.03. The Bertz CT molecular complexity index is 654. The van der Waals surface area contributed by atoms with Crippen LogP contribution in [0.3, 0.4) is 0 Å². The Labute approximate surface area is 150 Å². The molecular weight excluding hydrogens is 312 g/mol. The van der Waals surface area contributed by atoms with Crippen LogP contribution in [0.4, 0.5) is 5.69 Å². The third kappa shape index (κ3) is 6.12. The number of benzene rings is 1. The summed E-state index contributed by atoms with van der Waals surface area (Å²) < 4.78 is 0. The smallest absolute Gasteiger partial charge is 0.114 e. The molecule has 2 nitrogen and oxygen atoms in total. The topological polar surface area (TPSA) is 24.7 Å². The maximum atomic E-state index is 4.43. The molecule has 0 aliphatic heterocycles. The molecule has 0 N–H and O–H groups in total. The zero-order chi connectivity index (χ0) is 17.2. The van der Waals surface area contributed by atoms with Crippen LogP contribution in [0, 0.1) is 6.92 Å². The first kappa shape index (κ1) is 18.7. The summed E-state index contributed by atoms with van der Waals surface area (Å²) in [5.41, 5.74) is 5.00. The lowest BCUT2D eigenvalue weighted by atomic mass is 9.99. The second-order valence-electron chi connectivity index (χ2n) is 6.05. The van der Waals surface area contributed by atoms with Gasteiger partial charge >= 0.3 is 0 Å². The number of azo groups is 1. The van der Waals surface area contributed by atoms with E-state index in [1.165, 1.54) is 29.5 Å². The number of rotatable bonds is 8. The second-order valence-corrected chi connectivity index (χ2v) is 7.17. The highest BCUT2D eigenvalue weighted by Crippen LogP contribution is 2.25. The van der Waals surface area contributed by atoms with Gasteiger partial charge in [0.1, 0.15) is 5.03 Å². The Morgan fingerprint density at radius 2 is 2.12 bits per heavy atom. The van der Waals surface area contributed by atoms with Gasteiger partial charge in [-0.15, -0.1) is 22.0 Å². The van der Waals surface area contributed by atoms with E-state index >= 15 is 0 Å². The fourth-order valence-electron chi connectivity index (χ4n) is 2.61. The van der Waals surface area contributed by atoms with E-state index in [1.807, 2.05) is 13.0 Å². The van der Waals surface area contributed by atoms with E-state index in [0.29, 0.717) is 0 Å². The molecule has 0 unspecified atom stereocenters. The van der Waals surface area contributed by atoms with Crippen molar-refractivity contribution in [1.29, 1.82) is 0 Å². The minimum Gasteiger partial charge on any atom is -0.150 e. The summed E-state index contributed by atoms with van der Waals surface area (Å²) in [5.74, 6) is 1.08. The third-order valence-corrected chi connectivity index (χ3v) is 5.22. The van der Waals surface area contributed by atoms with Crippen LogP contribution in [0.5, 0.6) is 0 Å². The molecule has 0 spiro atoms. The standard InChI is InChI=1S/C21H28N2S/c1-4-15-24-21(5-2)23-22-20-14-13-19(16-17(20)3)12-11-18-9-7-6-8-10-18/h5,7,9-10,13-14,16H,4,6,8,11-12,15H2,1-3H3/b21-5-,23-22?. The van der Waals surface area contributed by atoms with Crippen LogP contribution in [-0.2, 0) is 6.42 Å². The predicted octanol–water partition coefficient (Wildman–Crippen LogP) is 7.29. The molecule has 2 rings (SSSR count). The zero-order valence-corrected chi connectivity index (χ0v) is 15.9. The highest BCUT2D eigenvalue weighted by atomic mass is 32.2. The summed E-state index contributed by atoms with van der Waals surface area (Å²) in [6.07, 6.45) is 14.7. The Morgan fingerprint density at radius 1 is 1.25 bits per heavy atom. The molecule has 1 aromatic carbocycles. The van der Waals surface area contributed by atoms with Crippen LogP contribution in [0.15, 0.2) is 63.3 Å². The van der Waals surface area contributed by atoms with E-state index in [-0.39, 0.29) is 0 Å². The third-order valence-electron chi connectivity index (χ3n) is 3.99. The summed E-state index contributed by atoms with van der Waals surface area (Å²) in [6, 6.07) is 6.52. The molecule has 0 saturated heterocycles. The Kier molecular flexibility index (Phi) is 8.03. The van der Waals surface area contributed by atoms with E-state index in [0.717, 1.165) is 35.7 Å². The average molecular weight is 341 g/mol. The Balaban J connectivity index is 1.96. The van der Waals surface area contributed by atoms with Crippen molar-refractivity contribution in [3.63, 3.8) is 0 Å². The van der Waals surface area contributed by atoms with E-state index < -0.39 is 0 Å². The predicted molar refractivity (Wildman–Crippen MR) is 107 cm³/mol. The minimum absolute atomic E-state index is 0.965. The molecule has 0 atom stereocenters. The first-order valence-corrected chi connectivity index (χ1v) is 9.87. The van der Waals surface area contributed by atoms with Gasteiger partial charge in [0, 0.05) is 0 Å². The first-order valence-electron chi connectivity index (χ1n) is 8.89.